The molecule has 0 amide bonds. The lowest BCUT2D eigenvalue weighted by molar-refractivity contribution is 0.394. The van der Waals surface area contributed by atoms with Crippen LogP contribution >= 0.6 is 8.77 Å². The number of rotatable bonds is 1. The Morgan fingerprint density at radius 2 is 1.80 bits per heavy atom. The van der Waals surface area contributed by atoms with Crippen LogP contribution in [-0.4, -0.2) is 7.11 Å². The van der Waals surface area contributed by atoms with Crippen LogP contribution in [-0.2, 0) is 4.52 Å². The summed E-state index contributed by atoms with van der Waals surface area (Å²) in [4.78, 5) is 0. The first kappa shape index (κ1) is 5.25. The summed E-state index contributed by atoms with van der Waals surface area (Å²) >= 11 is 0. The molecule has 0 aromatic heterocycles. The van der Waals surface area contributed by atoms with E-state index in [1.54, 1.807) is 0 Å². The fraction of sp³-hybridized carbons (Fsp3) is 1.00. The Morgan fingerprint density at radius 1 is 1.60 bits per heavy atom. The van der Waals surface area contributed by atoms with Crippen molar-refractivity contribution in [1.29, 1.82) is 0 Å². The number of hydrogen-bond acceptors (Lipinski definition) is 1. The largest absolute Gasteiger partial charge is 0.414 e. The molecule has 0 heterocycles. The summed E-state index contributed by atoms with van der Waals surface area (Å²) in [5.74, 6) is 0. The highest BCUT2D eigenvalue weighted by Gasteiger charge is 1.95. The second kappa shape index (κ2) is 2.49. The fourth-order valence-corrected chi connectivity index (χ4v) is 0. The lowest BCUT2D eigenvalue weighted by atomic mass is 11.8. The van der Waals surface area contributed by atoms with Crippen LogP contribution in [0.25, 0.3) is 0 Å². The van der Waals surface area contributed by atoms with Gasteiger partial charge >= 0.3 is 8.77 Å². The molecular weight excluding hydrogens is 97.0 g/mol. The monoisotopic (exact) mass is 100.0 g/mol. The van der Waals surface area contributed by atoms with Crippen LogP contribution in [0.4, 0.5) is 8.39 Å². The van der Waals surface area contributed by atoms with Gasteiger partial charge in [-0.25, -0.2) is 0 Å². The molecule has 1 nitrogen and oxygen atoms in total. The summed E-state index contributed by atoms with van der Waals surface area (Å²) in [6, 6.07) is 0. The van der Waals surface area contributed by atoms with E-state index in [4.69, 9.17) is 0 Å². The van der Waals surface area contributed by atoms with Crippen molar-refractivity contribution >= 4 is 8.77 Å². The third-order valence-corrected chi connectivity index (χ3v) is 0.414. The minimum absolute atomic E-state index is 0.978. The Balaban J connectivity index is 2.54. The highest BCUT2D eigenvalue weighted by Crippen LogP contribution is 2.37. The van der Waals surface area contributed by atoms with Crippen LogP contribution < -0.4 is 0 Å². The van der Waals surface area contributed by atoms with Crippen LogP contribution in [0.5, 0.6) is 0 Å². The first-order valence-electron chi connectivity index (χ1n) is 0.929. The van der Waals surface area contributed by atoms with Crippen molar-refractivity contribution in [1.82, 2.24) is 0 Å². The normalized spacial score (nSPS) is 9.60. The van der Waals surface area contributed by atoms with E-state index in [-0.39, 0.29) is 0 Å². The van der Waals surface area contributed by atoms with Gasteiger partial charge in [0.1, 0.15) is 0 Å². The molecule has 0 N–H and O–H groups in total. The van der Waals surface area contributed by atoms with E-state index in [0.717, 1.165) is 7.11 Å². The van der Waals surface area contributed by atoms with Crippen molar-refractivity contribution in [2.24, 2.45) is 0 Å². The van der Waals surface area contributed by atoms with E-state index >= 15 is 0 Å². The SMILES string of the molecule is COP(F)F. The highest BCUT2D eigenvalue weighted by molar-refractivity contribution is 7.40. The second-order valence-corrected chi connectivity index (χ2v) is 1.15. The molecule has 0 fully saturated rings. The molecular formula is CH3F2OP. The summed E-state index contributed by atoms with van der Waals surface area (Å²) < 4.78 is 24.7. The van der Waals surface area contributed by atoms with Crippen molar-refractivity contribution < 1.29 is 12.9 Å². The zero-order chi connectivity index (χ0) is 4.28. The first-order chi connectivity index (χ1) is 2.27. The van der Waals surface area contributed by atoms with E-state index in [2.05, 4.69) is 4.52 Å². The lowest BCUT2D eigenvalue weighted by Crippen LogP contribution is -1.54. The minimum atomic E-state index is -3.10. The molecule has 0 bridgehead atoms. The highest BCUT2D eigenvalue weighted by atomic mass is 31.2. The van der Waals surface area contributed by atoms with Crippen molar-refractivity contribution in [3.05, 3.63) is 0 Å². The van der Waals surface area contributed by atoms with E-state index in [1.807, 2.05) is 0 Å². The molecule has 0 atom stereocenters. The van der Waals surface area contributed by atoms with Gasteiger partial charge in [0.25, 0.3) is 0 Å². The van der Waals surface area contributed by atoms with Gasteiger partial charge in [-0.2, -0.15) is 8.39 Å². The van der Waals surface area contributed by atoms with E-state index in [0.29, 0.717) is 0 Å². The third kappa shape index (κ3) is 4.25. The molecule has 0 aliphatic carbocycles. The lowest BCUT2D eigenvalue weighted by Gasteiger charge is -1.82. The first-order valence-corrected chi connectivity index (χ1v) is 1.97. The van der Waals surface area contributed by atoms with Crippen LogP contribution in [0, 0.1) is 0 Å². The van der Waals surface area contributed by atoms with Crippen molar-refractivity contribution in [2.45, 2.75) is 0 Å². The summed E-state index contributed by atoms with van der Waals surface area (Å²) in [6.07, 6.45) is 0. The molecule has 5 heavy (non-hydrogen) atoms. The standard InChI is InChI=1S/CH3F2OP/c1-4-5(2)3/h1H3. The van der Waals surface area contributed by atoms with Gasteiger partial charge in [0, 0.05) is 7.11 Å². The maximum absolute atomic E-state index is 10.6. The predicted molar refractivity (Wildman–Crippen MR) is 16.1 cm³/mol. The predicted octanol–water partition coefficient (Wildman–Crippen LogP) is 1.80. The van der Waals surface area contributed by atoms with Crippen molar-refractivity contribution in [3.63, 3.8) is 0 Å². The molecule has 0 aliphatic rings. The summed E-state index contributed by atoms with van der Waals surface area (Å²) in [7, 11) is -2.12. The van der Waals surface area contributed by atoms with Crippen LogP contribution in [0.3, 0.4) is 0 Å². The molecule has 0 saturated heterocycles. The Labute approximate surface area is 30.0 Å². The quantitative estimate of drug-likeness (QED) is 0.456. The van der Waals surface area contributed by atoms with E-state index in [1.165, 1.54) is 0 Å². The van der Waals surface area contributed by atoms with Gasteiger partial charge in [-0.3, -0.25) is 0 Å². The molecule has 0 aromatic carbocycles. The van der Waals surface area contributed by atoms with Gasteiger partial charge in [-0.1, -0.05) is 0 Å². The Morgan fingerprint density at radius 3 is 1.80 bits per heavy atom. The zero-order valence-electron chi connectivity index (χ0n) is 2.61. The minimum Gasteiger partial charge on any atom is -0.309 e. The molecule has 0 spiro atoms. The van der Waals surface area contributed by atoms with Gasteiger partial charge in [-0.05, 0) is 0 Å². The molecule has 0 unspecified atom stereocenters. The summed E-state index contributed by atoms with van der Waals surface area (Å²) in [6.45, 7) is 0. The smallest absolute Gasteiger partial charge is 0.309 e. The second-order valence-electron chi connectivity index (χ2n) is 0.384. The van der Waals surface area contributed by atoms with Gasteiger partial charge in [0.05, 0.1) is 0 Å². The van der Waals surface area contributed by atoms with E-state index in [9.17, 15) is 8.39 Å². The number of halogens is 2. The molecule has 0 rings (SSSR count). The molecule has 32 valence electrons. The Kier molecular flexibility index (Phi) is 2.61. The zero-order valence-corrected chi connectivity index (χ0v) is 3.51. The molecule has 0 aromatic rings. The average Bonchev–Trinajstić information content (AvgIpc) is 1.38. The topological polar surface area (TPSA) is 9.23 Å². The van der Waals surface area contributed by atoms with Gasteiger partial charge in [-0.15, -0.1) is 0 Å². The average molecular weight is 100 g/mol. The van der Waals surface area contributed by atoms with Crippen molar-refractivity contribution in [3.8, 4) is 0 Å². The maximum Gasteiger partial charge on any atom is 0.414 e. The fourth-order valence-electron chi connectivity index (χ4n) is 0. The Hall–Kier alpha value is 0.250. The third-order valence-electron chi connectivity index (χ3n) is 0.138. The van der Waals surface area contributed by atoms with Gasteiger partial charge < -0.3 is 4.52 Å². The van der Waals surface area contributed by atoms with Gasteiger partial charge in [0.15, 0.2) is 0 Å². The number of hydrogen-bond donors (Lipinski definition) is 0. The van der Waals surface area contributed by atoms with Crippen molar-refractivity contribution in [2.75, 3.05) is 7.11 Å². The molecule has 0 radical (unpaired) electrons. The molecule has 0 aliphatic heterocycles. The summed E-state index contributed by atoms with van der Waals surface area (Å²) in [5.41, 5.74) is 0. The van der Waals surface area contributed by atoms with Crippen LogP contribution in [0.15, 0.2) is 0 Å². The van der Waals surface area contributed by atoms with E-state index < -0.39 is 8.77 Å². The molecule has 4 heteroatoms. The Bertz CT molecular complexity index is 23.6. The molecule has 0 saturated carbocycles. The van der Waals surface area contributed by atoms with Crippen LogP contribution in [0.2, 0.25) is 0 Å². The van der Waals surface area contributed by atoms with Gasteiger partial charge in [0.2, 0.25) is 0 Å². The van der Waals surface area contributed by atoms with Crippen LogP contribution in [0.1, 0.15) is 0 Å². The summed E-state index contributed by atoms with van der Waals surface area (Å²) in [5, 5.41) is 0. The maximum atomic E-state index is 10.6.